The van der Waals surface area contributed by atoms with Crippen LogP contribution in [0.5, 0.6) is 11.5 Å². The SMILES string of the molecule is CCc1noc(-c2cnc(C)nc2N2CCC(C(=O)Nc3ccc4c(c3)OCO4)CC2)n1. The lowest BCUT2D eigenvalue weighted by Crippen LogP contribution is -2.39. The number of nitrogens with zero attached hydrogens (tertiary/aromatic N) is 5. The Morgan fingerprint density at radius 2 is 2.00 bits per heavy atom. The standard InChI is InChI=1S/C22H24N6O4/c1-3-19-26-22(32-27-19)16-11-23-13(2)24-20(16)28-8-6-14(7-9-28)21(29)25-15-4-5-17-18(10-15)31-12-30-17/h4-5,10-11,14H,3,6-9,12H2,1-2H3,(H,25,29). The van der Waals surface area contributed by atoms with E-state index in [9.17, 15) is 4.79 Å². The van der Waals surface area contributed by atoms with E-state index in [2.05, 4.69) is 30.3 Å². The van der Waals surface area contributed by atoms with Gasteiger partial charge in [-0.3, -0.25) is 4.79 Å². The number of rotatable bonds is 5. The van der Waals surface area contributed by atoms with Gasteiger partial charge in [-0.15, -0.1) is 0 Å². The van der Waals surface area contributed by atoms with Gasteiger partial charge in [-0.2, -0.15) is 4.98 Å². The molecule has 0 bridgehead atoms. The van der Waals surface area contributed by atoms with Crippen LogP contribution in [0.4, 0.5) is 11.5 Å². The molecule has 3 aromatic rings. The molecular weight excluding hydrogens is 412 g/mol. The summed E-state index contributed by atoms with van der Waals surface area (Å²) in [6.45, 7) is 5.42. The number of carbonyl (C=O) groups excluding carboxylic acids is 1. The van der Waals surface area contributed by atoms with Crippen LogP contribution in [0.25, 0.3) is 11.5 Å². The molecule has 0 unspecified atom stereocenters. The Hall–Kier alpha value is -3.69. The van der Waals surface area contributed by atoms with Crippen molar-refractivity contribution in [2.45, 2.75) is 33.1 Å². The van der Waals surface area contributed by atoms with Crippen molar-refractivity contribution in [2.24, 2.45) is 5.92 Å². The van der Waals surface area contributed by atoms with Gasteiger partial charge in [0, 0.05) is 43.4 Å². The van der Waals surface area contributed by atoms with Gasteiger partial charge >= 0.3 is 0 Å². The predicted octanol–water partition coefficient (Wildman–Crippen LogP) is 2.98. The lowest BCUT2D eigenvalue weighted by atomic mass is 9.95. The first-order valence-electron chi connectivity index (χ1n) is 10.7. The number of fused-ring (bicyclic) bond motifs is 1. The number of nitrogens with one attached hydrogen (secondary N) is 1. The van der Waals surface area contributed by atoms with E-state index in [1.807, 2.05) is 19.9 Å². The number of piperidine rings is 1. The van der Waals surface area contributed by atoms with Crippen LogP contribution < -0.4 is 19.7 Å². The topological polar surface area (TPSA) is 116 Å². The maximum Gasteiger partial charge on any atom is 0.263 e. The number of aryl methyl sites for hydroxylation is 2. The van der Waals surface area contributed by atoms with Crippen molar-refractivity contribution in [3.05, 3.63) is 36.0 Å². The lowest BCUT2D eigenvalue weighted by molar-refractivity contribution is -0.120. The van der Waals surface area contributed by atoms with Crippen LogP contribution >= 0.6 is 0 Å². The highest BCUT2D eigenvalue weighted by atomic mass is 16.7. The molecule has 0 radical (unpaired) electrons. The fourth-order valence-corrected chi connectivity index (χ4v) is 3.93. The second kappa shape index (κ2) is 8.45. The van der Waals surface area contributed by atoms with Gasteiger partial charge in [0.15, 0.2) is 17.3 Å². The average molecular weight is 436 g/mol. The summed E-state index contributed by atoms with van der Waals surface area (Å²) in [4.78, 5) is 28.4. The highest BCUT2D eigenvalue weighted by Gasteiger charge is 2.28. The molecule has 2 aromatic heterocycles. The number of hydrogen-bond donors (Lipinski definition) is 1. The maximum absolute atomic E-state index is 12.8. The van der Waals surface area contributed by atoms with Gasteiger partial charge in [0.05, 0.1) is 0 Å². The third-order valence-electron chi connectivity index (χ3n) is 5.71. The molecule has 2 aliphatic rings. The van der Waals surface area contributed by atoms with Crippen molar-refractivity contribution in [1.82, 2.24) is 20.1 Å². The summed E-state index contributed by atoms with van der Waals surface area (Å²) in [7, 11) is 0. The number of aromatic nitrogens is 4. The minimum absolute atomic E-state index is 0.00657. The van der Waals surface area contributed by atoms with Crippen molar-refractivity contribution < 1.29 is 18.8 Å². The third-order valence-corrected chi connectivity index (χ3v) is 5.71. The van der Waals surface area contributed by atoms with Crippen molar-refractivity contribution >= 4 is 17.4 Å². The smallest absolute Gasteiger partial charge is 0.263 e. The molecule has 0 saturated carbocycles. The first-order chi connectivity index (χ1) is 15.6. The Morgan fingerprint density at radius 1 is 1.19 bits per heavy atom. The number of benzene rings is 1. The predicted molar refractivity (Wildman–Crippen MR) is 116 cm³/mol. The monoisotopic (exact) mass is 436 g/mol. The number of hydrogen-bond acceptors (Lipinski definition) is 9. The fraction of sp³-hybridized carbons (Fsp3) is 0.409. The Balaban J connectivity index is 1.26. The highest BCUT2D eigenvalue weighted by Crippen LogP contribution is 2.35. The fourth-order valence-electron chi connectivity index (χ4n) is 3.93. The van der Waals surface area contributed by atoms with Crippen LogP contribution in [0.1, 0.15) is 31.4 Å². The Kier molecular flexibility index (Phi) is 5.34. The van der Waals surface area contributed by atoms with Gasteiger partial charge < -0.3 is 24.2 Å². The highest BCUT2D eigenvalue weighted by molar-refractivity contribution is 5.93. The zero-order chi connectivity index (χ0) is 22.1. The summed E-state index contributed by atoms with van der Waals surface area (Å²) in [5.41, 5.74) is 1.42. The van der Waals surface area contributed by atoms with E-state index in [1.54, 1.807) is 18.3 Å². The van der Waals surface area contributed by atoms with Crippen LogP contribution in [-0.4, -0.2) is 45.9 Å². The van der Waals surface area contributed by atoms with Crippen LogP contribution in [0.2, 0.25) is 0 Å². The van der Waals surface area contributed by atoms with E-state index in [4.69, 9.17) is 14.0 Å². The van der Waals surface area contributed by atoms with E-state index in [0.717, 1.165) is 5.82 Å². The van der Waals surface area contributed by atoms with Crippen molar-refractivity contribution in [3.63, 3.8) is 0 Å². The van der Waals surface area contributed by atoms with Crippen LogP contribution in [0, 0.1) is 12.8 Å². The molecule has 32 heavy (non-hydrogen) atoms. The van der Waals surface area contributed by atoms with E-state index in [-0.39, 0.29) is 18.6 Å². The molecule has 10 heteroatoms. The van der Waals surface area contributed by atoms with Gasteiger partial charge in [-0.05, 0) is 31.9 Å². The second-order valence-electron chi connectivity index (χ2n) is 7.84. The summed E-state index contributed by atoms with van der Waals surface area (Å²) in [6.07, 6.45) is 3.84. The molecule has 4 heterocycles. The molecule has 1 amide bonds. The number of ether oxygens (including phenoxy) is 2. The maximum atomic E-state index is 12.8. The largest absolute Gasteiger partial charge is 0.454 e. The summed E-state index contributed by atoms with van der Waals surface area (Å²) in [6, 6.07) is 5.42. The van der Waals surface area contributed by atoms with E-state index in [0.29, 0.717) is 72.6 Å². The van der Waals surface area contributed by atoms with Gasteiger partial charge in [-0.1, -0.05) is 12.1 Å². The zero-order valence-corrected chi connectivity index (χ0v) is 18.0. The number of carbonyl (C=O) groups is 1. The van der Waals surface area contributed by atoms with Crippen LogP contribution in [-0.2, 0) is 11.2 Å². The van der Waals surface area contributed by atoms with Crippen molar-refractivity contribution in [1.29, 1.82) is 0 Å². The number of amides is 1. The molecule has 166 valence electrons. The Labute approximate surface area is 185 Å². The molecule has 5 rings (SSSR count). The molecule has 1 N–H and O–H groups in total. The molecular formula is C22H24N6O4. The molecule has 0 aliphatic carbocycles. The molecule has 1 aromatic carbocycles. The minimum atomic E-state index is -0.0850. The van der Waals surface area contributed by atoms with E-state index in [1.165, 1.54) is 0 Å². The number of anilines is 2. The normalized spacial score (nSPS) is 15.8. The molecule has 0 spiro atoms. The van der Waals surface area contributed by atoms with Gasteiger partial charge in [0.25, 0.3) is 5.89 Å². The van der Waals surface area contributed by atoms with Crippen molar-refractivity contribution in [2.75, 3.05) is 30.1 Å². The molecule has 1 saturated heterocycles. The summed E-state index contributed by atoms with van der Waals surface area (Å²) in [5, 5.41) is 6.99. The molecule has 0 atom stereocenters. The van der Waals surface area contributed by atoms with Crippen LogP contribution in [0.3, 0.4) is 0 Å². The first kappa shape index (κ1) is 20.2. The first-order valence-corrected chi connectivity index (χ1v) is 10.7. The third kappa shape index (κ3) is 3.95. The van der Waals surface area contributed by atoms with Gasteiger partial charge in [0.1, 0.15) is 17.2 Å². The summed E-state index contributed by atoms with van der Waals surface area (Å²) >= 11 is 0. The van der Waals surface area contributed by atoms with Crippen molar-refractivity contribution in [3.8, 4) is 23.0 Å². The van der Waals surface area contributed by atoms with Gasteiger partial charge in [-0.25, -0.2) is 9.97 Å². The van der Waals surface area contributed by atoms with Gasteiger partial charge in [0.2, 0.25) is 12.7 Å². The Bertz CT molecular complexity index is 1140. The van der Waals surface area contributed by atoms with E-state index >= 15 is 0 Å². The summed E-state index contributed by atoms with van der Waals surface area (Å²) < 4.78 is 16.1. The second-order valence-corrected chi connectivity index (χ2v) is 7.84. The quantitative estimate of drug-likeness (QED) is 0.644. The van der Waals surface area contributed by atoms with E-state index < -0.39 is 0 Å². The Morgan fingerprint density at radius 3 is 2.78 bits per heavy atom. The zero-order valence-electron chi connectivity index (χ0n) is 18.0. The summed E-state index contributed by atoms with van der Waals surface area (Å²) in [5.74, 6) is 3.76. The molecule has 1 fully saturated rings. The minimum Gasteiger partial charge on any atom is -0.454 e. The lowest BCUT2D eigenvalue weighted by Gasteiger charge is -2.32. The average Bonchev–Trinajstić information content (AvgIpc) is 3.48. The molecule has 10 nitrogen and oxygen atoms in total. The molecule has 2 aliphatic heterocycles. The van der Waals surface area contributed by atoms with Crippen LogP contribution in [0.15, 0.2) is 28.9 Å².